The standard InChI is InChI=1S/C13H22N2O4/c1-3-9(5-12(17)18)7-14-13(19)10-6-11(16)15(4-2)8-10/h9-10H,3-8H2,1-2H3,(H,14,19)(H,17,18). The fourth-order valence-corrected chi connectivity index (χ4v) is 2.25. The highest BCUT2D eigenvalue weighted by molar-refractivity contribution is 5.89. The highest BCUT2D eigenvalue weighted by atomic mass is 16.4. The zero-order valence-electron chi connectivity index (χ0n) is 11.5. The van der Waals surface area contributed by atoms with Gasteiger partial charge in [-0.15, -0.1) is 0 Å². The molecule has 0 saturated carbocycles. The molecule has 1 aliphatic rings. The first-order valence-corrected chi connectivity index (χ1v) is 6.75. The Morgan fingerprint density at radius 2 is 2.16 bits per heavy atom. The fourth-order valence-electron chi connectivity index (χ4n) is 2.25. The maximum Gasteiger partial charge on any atom is 0.303 e. The molecule has 19 heavy (non-hydrogen) atoms. The van der Waals surface area contributed by atoms with E-state index in [2.05, 4.69) is 5.32 Å². The van der Waals surface area contributed by atoms with Crippen LogP contribution in [-0.2, 0) is 14.4 Å². The quantitative estimate of drug-likeness (QED) is 0.704. The van der Waals surface area contributed by atoms with Crippen LogP contribution in [0.1, 0.15) is 33.1 Å². The van der Waals surface area contributed by atoms with Gasteiger partial charge in [-0.05, 0) is 12.8 Å². The molecule has 0 aromatic rings. The molecule has 0 aliphatic carbocycles. The molecular weight excluding hydrogens is 248 g/mol. The summed E-state index contributed by atoms with van der Waals surface area (Å²) in [7, 11) is 0. The van der Waals surface area contributed by atoms with E-state index >= 15 is 0 Å². The van der Waals surface area contributed by atoms with Crippen molar-refractivity contribution in [2.24, 2.45) is 11.8 Å². The Kier molecular flexibility index (Phi) is 5.79. The number of aliphatic carboxylic acids is 1. The predicted molar refractivity (Wildman–Crippen MR) is 69.4 cm³/mol. The second kappa shape index (κ2) is 7.11. The topological polar surface area (TPSA) is 86.7 Å². The lowest BCUT2D eigenvalue weighted by molar-refractivity contribution is -0.138. The minimum absolute atomic E-state index is 0.0141. The van der Waals surface area contributed by atoms with Gasteiger partial charge in [0.25, 0.3) is 0 Å². The molecule has 0 radical (unpaired) electrons. The summed E-state index contributed by atoms with van der Waals surface area (Å²) in [5.41, 5.74) is 0. The first-order chi connectivity index (χ1) is 8.97. The van der Waals surface area contributed by atoms with Crippen LogP contribution in [0.3, 0.4) is 0 Å². The highest BCUT2D eigenvalue weighted by Crippen LogP contribution is 2.17. The minimum atomic E-state index is -0.852. The molecule has 2 N–H and O–H groups in total. The highest BCUT2D eigenvalue weighted by Gasteiger charge is 2.33. The van der Waals surface area contributed by atoms with Gasteiger partial charge in [0.1, 0.15) is 0 Å². The van der Waals surface area contributed by atoms with Crippen molar-refractivity contribution in [1.82, 2.24) is 10.2 Å². The van der Waals surface area contributed by atoms with Gasteiger partial charge in [0.2, 0.25) is 11.8 Å². The second-order valence-electron chi connectivity index (χ2n) is 4.95. The summed E-state index contributed by atoms with van der Waals surface area (Å²) in [5.74, 6) is -1.33. The Bertz CT molecular complexity index is 357. The van der Waals surface area contributed by atoms with E-state index in [1.54, 1.807) is 4.90 Å². The molecule has 0 spiro atoms. The number of carboxylic acids is 1. The Labute approximate surface area is 113 Å². The number of carboxylic acid groups (broad SMARTS) is 1. The van der Waals surface area contributed by atoms with Crippen LogP contribution in [0.5, 0.6) is 0 Å². The van der Waals surface area contributed by atoms with Crippen LogP contribution < -0.4 is 5.32 Å². The van der Waals surface area contributed by atoms with Gasteiger partial charge < -0.3 is 15.3 Å². The summed E-state index contributed by atoms with van der Waals surface area (Å²) in [4.78, 5) is 35.7. The van der Waals surface area contributed by atoms with E-state index in [1.807, 2.05) is 13.8 Å². The van der Waals surface area contributed by atoms with Crippen LogP contribution in [0.25, 0.3) is 0 Å². The molecule has 0 aromatic carbocycles. The van der Waals surface area contributed by atoms with Gasteiger partial charge in [0, 0.05) is 32.5 Å². The number of rotatable bonds is 7. The van der Waals surface area contributed by atoms with Crippen molar-refractivity contribution in [3.8, 4) is 0 Å². The van der Waals surface area contributed by atoms with Crippen molar-refractivity contribution in [1.29, 1.82) is 0 Å². The number of carbonyl (C=O) groups excluding carboxylic acids is 2. The minimum Gasteiger partial charge on any atom is -0.481 e. The van der Waals surface area contributed by atoms with Gasteiger partial charge in [-0.1, -0.05) is 13.3 Å². The van der Waals surface area contributed by atoms with Crippen molar-refractivity contribution < 1.29 is 19.5 Å². The van der Waals surface area contributed by atoms with Gasteiger partial charge in [0.05, 0.1) is 5.92 Å². The Morgan fingerprint density at radius 1 is 1.47 bits per heavy atom. The summed E-state index contributed by atoms with van der Waals surface area (Å²) in [5, 5.41) is 11.5. The third kappa shape index (κ3) is 4.54. The SMILES string of the molecule is CCC(CNC(=O)C1CC(=O)N(CC)C1)CC(=O)O. The predicted octanol–water partition coefficient (Wildman–Crippen LogP) is 0.472. The maximum atomic E-state index is 11.9. The molecule has 6 heteroatoms. The van der Waals surface area contributed by atoms with E-state index in [-0.39, 0.29) is 36.5 Å². The van der Waals surface area contributed by atoms with Gasteiger partial charge in [-0.2, -0.15) is 0 Å². The van der Waals surface area contributed by atoms with E-state index in [0.717, 1.165) is 0 Å². The zero-order valence-corrected chi connectivity index (χ0v) is 11.5. The van der Waals surface area contributed by atoms with Gasteiger partial charge in [-0.3, -0.25) is 14.4 Å². The first kappa shape index (κ1) is 15.5. The molecule has 2 unspecified atom stereocenters. The Hall–Kier alpha value is -1.59. The normalized spacial score (nSPS) is 20.4. The van der Waals surface area contributed by atoms with Crippen LogP contribution in [0.4, 0.5) is 0 Å². The van der Waals surface area contributed by atoms with Crippen LogP contribution >= 0.6 is 0 Å². The number of nitrogens with one attached hydrogen (secondary N) is 1. The molecule has 2 atom stereocenters. The number of likely N-dealkylation sites (tertiary alicyclic amines) is 1. The van der Waals surface area contributed by atoms with Crippen LogP contribution in [-0.4, -0.2) is 47.4 Å². The smallest absolute Gasteiger partial charge is 0.303 e. The summed E-state index contributed by atoms with van der Waals surface area (Å²) in [6, 6.07) is 0. The van der Waals surface area contributed by atoms with E-state index in [9.17, 15) is 14.4 Å². The number of nitrogens with zero attached hydrogens (tertiary/aromatic N) is 1. The number of amides is 2. The number of carbonyl (C=O) groups is 3. The summed E-state index contributed by atoms with van der Waals surface area (Å²) in [6.45, 7) is 5.24. The lowest BCUT2D eigenvalue weighted by Gasteiger charge is -2.16. The molecule has 1 rings (SSSR count). The molecular formula is C13H22N2O4. The third-order valence-electron chi connectivity index (χ3n) is 3.57. The summed E-state index contributed by atoms with van der Waals surface area (Å²) >= 11 is 0. The largest absolute Gasteiger partial charge is 0.481 e. The van der Waals surface area contributed by atoms with E-state index in [0.29, 0.717) is 26.1 Å². The summed E-state index contributed by atoms with van der Waals surface area (Å²) in [6.07, 6.45) is 1.02. The van der Waals surface area contributed by atoms with Gasteiger partial charge >= 0.3 is 5.97 Å². The molecule has 6 nitrogen and oxygen atoms in total. The van der Waals surface area contributed by atoms with Gasteiger partial charge in [-0.25, -0.2) is 0 Å². The maximum absolute atomic E-state index is 11.9. The second-order valence-corrected chi connectivity index (χ2v) is 4.95. The van der Waals surface area contributed by atoms with E-state index in [4.69, 9.17) is 5.11 Å². The third-order valence-corrected chi connectivity index (χ3v) is 3.57. The van der Waals surface area contributed by atoms with Crippen LogP contribution in [0, 0.1) is 11.8 Å². The van der Waals surface area contributed by atoms with Crippen molar-refractivity contribution in [2.75, 3.05) is 19.6 Å². The average molecular weight is 270 g/mol. The van der Waals surface area contributed by atoms with Crippen LogP contribution in [0.2, 0.25) is 0 Å². The van der Waals surface area contributed by atoms with Crippen molar-refractivity contribution >= 4 is 17.8 Å². The summed E-state index contributed by atoms with van der Waals surface area (Å²) < 4.78 is 0. The molecule has 1 heterocycles. The van der Waals surface area contributed by atoms with E-state index < -0.39 is 5.97 Å². The van der Waals surface area contributed by atoms with Crippen molar-refractivity contribution in [3.63, 3.8) is 0 Å². The number of hydrogen-bond acceptors (Lipinski definition) is 3. The molecule has 1 saturated heterocycles. The Balaban J connectivity index is 2.39. The zero-order chi connectivity index (χ0) is 14.4. The van der Waals surface area contributed by atoms with Crippen molar-refractivity contribution in [3.05, 3.63) is 0 Å². The number of hydrogen-bond donors (Lipinski definition) is 2. The van der Waals surface area contributed by atoms with Crippen LogP contribution in [0.15, 0.2) is 0 Å². The van der Waals surface area contributed by atoms with E-state index in [1.165, 1.54) is 0 Å². The molecule has 108 valence electrons. The van der Waals surface area contributed by atoms with Gasteiger partial charge in [0.15, 0.2) is 0 Å². The lowest BCUT2D eigenvalue weighted by atomic mass is 10.0. The monoisotopic (exact) mass is 270 g/mol. The fraction of sp³-hybridized carbons (Fsp3) is 0.769. The first-order valence-electron chi connectivity index (χ1n) is 6.75. The molecule has 1 fully saturated rings. The molecule has 0 bridgehead atoms. The Morgan fingerprint density at radius 3 is 2.63 bits per heavy atom. The molecule has 2 amide bonds. The average Bonchev–Trinajstić information content (AvgIpc) is 2.75. The molecule has 1 aliphatic heterocycles. The molecule has 0 aromatic heterocycles. The van der Waals surface area contributed by atoms with Crippen molar-refractivity contribution in [2.45, 2.75) is 33.1 Å². The lowest BCUT2D eigenvalue weighted by Crippen LogP contribution is -2.36.